The minimum absolute atomic E-state index is 0.0858. The molecule has 5 atom stereocenters. The molecule has 0 saturated carbocycles. The predicted molar refractivity (Wildman–Crippen MR) is 128 cm³/mol. The molecule has 0 amide bonds. The zero-order chi connectivity index (χ0) is 26.9. The average molecular weight is 519 g/mol. The summed E-state index contributed by atoms with van der Waals surface area (Å²) in [6.45, 7) is 8.59. The van der Waals surface area contributed by atoms with Crippen LogP contribution >= 0.6 is 0 Å². The largest absolute Gasteiger partial charge is 0.396 e. The Balaban J connectivity index is 1.74. The van der Waals surface area contributed by atoms with Gasteiger partial charge in [0.15, 0.2) is 0 Å². The minimum atomic E-state index is -4.54. The van der Waals surface area contributed by atoms with Crippen LogP contribution in [0.15, 0.2) is 23.8 Å². The lowest BCUT2D eigenvalue weighted by Crippen LogP contribution is -2.38. The summed E-state index contributed by atoms with van der Waals surface area (Å²) in [6.07, 6.45) is -1.90. The number of fused-ring (bicyclic) bond motifs is 4. The summed E-state index contributed by atoms with van der Waals surface area (Å²) in [7, 11) is 0. The lowest BCUT2D eigenvalue weighted by Gasteiger charge is -2.42. The third kappa shape index (κ3) is 4.13. The first-order chi connectivity index (χ1) is 17.3. The fraction of sp³-hybridized carbons (Fsp3) is 0.643. The van der Waals surface area contributed by atoms with Crippen molar-refractivity contribution < 1.29 is 32.9 Å². The summed E-state index contributed by atoms with van der Waals surface area (Å²) in [5, 5.41) is 32.3. The SMILES string of the molecule is CC(C)c1nc2c(c3c1C(C1=CC(C#N)C(C(F)(F)F)C=C1)OC31CCOCC1)C(O)CC(C)(C)C2O. The Kier molecular flexibility index (Phi) is 6.35. The van der Waals surface area contributed by atoms with E-state index in [-0.39, 0.29) is 5.92 Å². The smallest absolute Gasteiger partial charge is 0.388 e. The molecular formula is C28H33F3N2O4. The molecule has 1 spiro atoms. The average Bonchev–Trinajstić information content (AvgIpc) is 3.15. The van der Waals surface area contributed by atoms with Crippen LogP contribution in [0, 0.1) is 28.6 Å². The second kappa shape index (κ2) is 8.91. The van der Waals surface area contributed by atoms with Crippen molar-refractivity contribution in [3.63, 3.8) is 0 Å². The van der Waals surface area contributed by atoms with Gasteiger partial charge in [0.1, 0.15) is 12.2 Å². The van der Waals surface area contributed by atoms with Gasteiger partial charge >= 0.3 is 6.18 Å². The van der Waals surface area contributed by atoms with E-state index in [0.717, 1.165) is 17.2 Å². The number of nitriles is 1. The summed E-state index contributed by atoms with van der Waals surface area (Å²) in [5.41, 5.74) is 2.28. The first-order valence-electron chi connectivity index (χ1n) is 12.9. The summed E-state index contributed by atoms with van der Waals surface area (Å²) >= 11 is 0. The molecule has 0 bridgehead atoms. The lowest BCUT2D eigenvalue weighted by molar-refractivity contribution is -0.166. The number of hydrogen-bond acceptors (Lipinski definition) is 6. The van der Waals surface area contributed by atoms with Crippen molar-refractivity contribution in [3.8, 4) is 6.07 Å². The number of pyridine rings is 1. The van der Waals surface area contributed by atoms with Gasteiger partial charge in [-0.05, 0) is 28.9 Å². The number of aliphatic hydroxyl groups excluding tert-OH is 2. The Bertz CT molecular complexity index is 1190. The first kappa shape index (κ1) is 26.4. The number of allylic oxidation sites excluding steroid dienone is 2. The Morgan fingerprint density at radius 3 is 2.43 bits per heavy atom. The van der Waals surface area contributed by atoms with Crippen molar-refractivity contribution in [2.45, 2.75) is 83.0 Å². The van der Waals surface area contributed by atoms with E-state index >= 15 is 0 Å². The van der Waals surface area contributed by atoms with Gasteiger partial charge in [-0.15, -0.1) is 0 Å². The highest BCUT2D eigenvalue weighted by atomic mass is 19.4. The molecule has 1 saturated heterocycles. The van der Waals surface area contributed by atoms with E-state index in [4.69, 9.17) is 14.5 Å². The maximum absolute atomic E-state index is 13.6. The van der Waals surface area contributed by atoms with E-state index < -0.39 is 47.3 Å². The number of ether oxygens (including phenoxy) is 2. The molecule has 1 aromatic heterocycles. The van der Waals surface area contributed by atoms with Crippen molar-refractivity contribution in [1.82, 2.24) is 4.98 Å². The third-order valence-electron chi connectivity index (χ3n) is 8.38. The number of aliphatic hydroxyl groups is 2. The van der Waals surface area contributed by atoms with Crippen molar-refractivity contribution in [2.24, 2.45) is 17.3 Å². The first-order valence-corrected chi connectivity index (χ1v) is 12.9. The monoisotopic (exact) mass is 518 g/mol. The van der Waals surface area contributed by atoms with Crippen molar-refractivity contribution >= 4 is 0 Å². The van der Waals surface area contributed by atoms with Crippen molar-refractivity contribution in [1.29, 1.82) is 5.26 Å². The van der Waals surface area contributed by atoms with Crippen LogP contribution in [0.2, 0.25) is 0 Å². The highest BCUT2D eigenvalue weighted by Crippen LogP contribution is 2.59. The van der Waals surface area contributed by atoms with Gasteiger partial charge in [-0.25, -0.2) is 0 Å². The molecule has 1 fully saturated rings. The number of alkyl halides is 3. The number of halogens is 3. The zero-order valence-electron chi connectivity index (χ0n) is 21.5. The van der Waals surface area contributed by atoms with Crippen LogP contribution in [-0.2, 0) is 15.1 Å². The van der Waals surface area contributed by atoms with Gasteiger partial charge in [0.05, 0.1) is 35.3 Å². The van der Waals surface area contributed by atoms with Gasteiger partial charge in [0.25, 0.3) is 0 Å². The Labute approximate surface area is 214 Å². The number of nitrogens with zero attached hydrogens (tertiary/aromatic N) is 2. The molecule has 3 heterocycles. The molecule has 200 valence electrons. The van der Waals surface area contributed by atoms with E-state index in [9.17, 15) is 28.6 Å². The fourth-order valence-electron chi connectivity index (χ4n) is 6.43. The van der Waals surface area contributed by atoms with E-state index in [1.807, 2.05) is 27.7 Å². The molecule has 37 heavy (non-hydrogen) atoms. The molecule has 6 nitrogen and oxygen atoms in total. The van der Waals surface area contributed by atoms with Crippen molar-refractivity contribution in [2.75, 3.05) is 13.2 Å². The number of aromatic nitrogens is 1. The van der Waals surface area contributed by atoms with E-state index in [1.165, 1.54) is 12.2 Å². The Hall–Kier alpha value is -2.25. The second-order valence-electron chi connectivity index (χ2n) is 11.7. The van der Waals surface area contributed by atoms with Crippen LogP contribution in [0.3, 0.4) is 0 Å². The van der Waals surface area contributed by atoms with Crippen LogP contribution in [0.25, 0.3) is 0 Å². The van der Waals surface area contributed by atoms with E-state index in [1.54, 1.807) is 6.07 Å². The summed E-state index contributed by atoms with van der Waals surface area (Å²) in [4.78, 5) is 4.91. The maximum atomic E-state index is 13.6. The van der Waals surface area contributed by atoms with Gasteiger partial charge in [0, 0.05) is 42.9 Å². The van der Waals surface area contributed by atoms with Crippen LogP contribution in [0.5, 0.6) is 0 Å². The highest BCUT2D eigenvalue weighted by Gasteiger charge is 2.54. The topological polar surface area (TPSA) is 95.6 Å². The molecule has 5 rings (SSSR count). The predicted octanol–water partition coefficient (Wildman–Crippen LogP) is 5.59. The number of hydrogen-bond donors (Lipinski definition) is 2. The molecule has 2 aliphatic heterocycles. The fourth-order valence-corrected chi connectivity index (χ4v) is 6.43. The molecule has 2 N–H and O–H groups in total. The van der Waals surface area contributed by atoms with Gasteiger partial charge < -0.3 is 19.7 Å². The zero-order valence-corrected chi connectivity index (χ0v) is 21.5. The maximum Gasteiger partial charge on any atom is 0.396 e. The van der Waals surface area contributed by atoms with Crippen LogP contribution in [0.1, 0.15) is 99.3 Å². The van der Waals surface area contributed by atoms with Crippen LogP contribution in [-0.4, -0.2) is 34.6 Å². The van der Waals surface area contributed by atoms with Gasteiger partial charge in [-0.1, -0.05) is 45.9 Å². The molecule has 4 aliphatic rings. The normalized spacial score (nSPS) is 32.1. The van der Waals surface area contributed by atoms with Gasteiger partial charge in [0.2, 0.25) is 0 Å². The molecule has 0 radical (unpaired) electrons. The van der Waals surface area contributed by atoms with Gasteiger partial charge in [-0.3, -0.25) is 4.98 Å². The van der Waals surface area contributed by atoms with Crippen molar-refractivity contribution in [3.05, 3.63) is 51.9 Å². The second-order valence-corrected chi connectivity index (χ2v) is 11.7. The molecular weight excluding hydrogens is 485 g/mol. The molecule has 1 aromatic rings. The number of rotatable bonds is 2. The quantitative estimate of drug-likeness (QED) is 0.530. The summed E-state index contributed by atoms with van der Waals surface area (Å²) in [6, 6.07) is 1.81. The summed E-state index contributed by atoms with van der Waals surface area (Å²) in [5.74, 6) is -3.35. The van der Waals surface area contributed by atoms with Crippen LogP contribution < -0.4 is 0 Å². The Morgan fingerprint density at radius 1 is 1.16 bits per heavy atom. The third-order valence-corrected chi connectivity index (χ3v) is 8.38. The van der Waals surface area contributed by atoms with E-state index in [0.29, 0.717) is 55.0 Å². The molecule has 9 heteroatoms. The molecule has 2 aliphatic carbocycles. The molecule has 0 aromatic carbocycles. The standard InChI is InChI=1S/C28H33F3N2O4/c1-14(2)22-20-21(19-18(34)12-26(3,4)25(35)23(19)33-22)27(7-9-36-10-8-27)37-24(20)15-5-6-17(28(29,30)31)16(11-15)13-32/h5-6,11,14,16-18,24-25,34-35H,7-10,12H2,1-4H3. The highest BCUT2D eigenvalue weighted by molar-refractivity contribution is 5.56. The molecule has 5 unspecified atom stereocenters. The summed E-state index contributed by atoms with van der Waals surface area (Å²) < 4.78 is 53.1. The van der Waals surface area contributed by atoms with Crippen LogP contribution in [0.4, 0.5) is 13.2 Å². The lowest BCUT2D eigenvalue weighted by atomic mass is 9.68. The van der Waals surface area contributed by atoms with E-state index in [2.05, 4.69) is 0 Å². The Morgan fingerprint density at radius 2 is 1.84 bits per heavy atom. The minimum Gasteiger partial charge on any atom is -0.388 e. The van der Waals surface area contributed by atoms with Gasteiger partial charge in [-0.2, -0.15) is 18.4 Å².